The Balaban J connectivity index is 1.56. The second-order valence-corrected chi connectivity index (χ2v) is 8.09. The number of ether oxygens (including phenoxy) is 1. The van der Waals surface area contributed by atoms with Crippen molar-refractivity contribution in [1.82, 2.24) is 5.32 Å². The maximum atomic E-state index is 12.4. The largest absolute Gasteiger partial charge is 0.381 e. The number of Topliss-reactive ketones (excluding diaryl/α,β-unsaturated/α-hetero) is 1. The van der Waals surface area contributed by atoms with E-state index in [4.69, 9.17) is 16.3 Å². The SMILES string of the molecule is CCc1ccc(C(=O)CCC(=O)NCC2(c3cccc(Cl)c3)CCOCC2)cc1. The molecule has 2 aromatic rings. The highest BCUT2D eigenvalue weighted by atomic mass is 35.5. The Labute approximate surface area is 177 Å². The normalized spacial score (nSPS) is 15.7. The van der Waals surface area contributed by atoms with E-state index < -0.39 is 0 Å². The molecule has 0 aromatic heterocycles. The molecule has 1 N–H and O–H groups in total. The summed E-state index contributed by atoms with van der Waals surface area (Å²) in [5, 5.41) is 3.74. The zero-order chi connectivity index (χ0) is 20.7. The van der Waals surface area contributed by atoms with Crippen molar-refractivity contribution in [2.24, 2.45) is 0 Å². The maximum absolute atomic E-state index is 12.4. The molecule has 1 saturated heterocycles. The molecule has 4 nitrogen and oxygen atoms in total. The molecule has 0 aliphatic carbocycles. The lowest BCUT2D eigenvalue weighted by molar-refractivity contribution is -0.121. The molecule has 0 atom stereocenters. The Kier molecular flexibility index (Phi) is 7.45. The van der Waals surface area contributed by atoms with Gasteiger partial charge in [-0.3, -0.25) is 9.59 Å². The highest BCUT2D eigenvalue weighted by Crippen LogP contribution is 2.35. The quantitative estimate of drug-likeness (QED) is 0.636. The van der Waals surface area contributed by atoms with E-state index in [0.29, 0.717) is 30.3 Å². The molecule has 3 rings (SSSR count). The molecule has 2 aromatic carbocycles. The zero-order valence-corrected chi connectivity index (χ0v) is 17.6. The maximum Gasteiger partial charge on any atom is 0.220 e. The van der Waals surface area contributed by atoms with Gasteiger partial charge in [-0.2, -0.15) is 0 Å². The van der Waals surface area contributed by atoms with Gasteiger partial charge in [-0.1, -0.05) is 54.9 Å². The predicted octanol–water partition coefficient (Wildman–Crippen LogP) is 4.73. The minimum absolute atomic E-state index is 0.00146. The summed E-state index contributed by atoms with van der Waals surface area (Å²) in [5.41, 5.74) is 2.80. The topological polar surface area (TPSA) is 55.4 Å². The highest BCUT2D eigenvalue weighted by Gasteiger charge is 2.35. The van der Waals surface area contributed by atoms with Crippen LogP contribution < -0.4 is 5.32 Å². The number of nitrogens with one attached hydrogen (secondary N) is 1. The second kappa shape index (κ2) is 10.0. The van der Waals surface area contributed by atoms with Gasteiger partial charge in [0.2, 0.25) is 5.91 Å². The van der Waals surface area contributed by atoms with Crippen LogP contribution in [0, 0.1) is 0 Å². The monoisotopic (exact) mass is 413 g/mol. The van der Waals surface area contributed by atoms with Crippen LogP contribution in [0.3, 0.4) is 0 Å². The number of halogens is 1. The van der Waals surface area contributed by atoms with Crippen LogP contribution >= 0.6 is 11.6 Å². The summed E-state index contributed by atoms with van der Waals surface area (Å²) in [5.74, 6) is -0.102. The van der Waals surface area contributed by atoms with E-state index in [1.54, 1.807) is 0 Å². The number of carbonyl (C=O) groups is 2. The second-order valence-electron chi connectivity index (χ2n) is 7.65. The molecule has 29 heavy (non-hydrogen) atoms. The van der Waals surface area contributed by atoms with Gasteiger partial charge < -0.3 is 10.1 Å². The summed E-state index contributed by atoms with van der Waals surface area (Å²) in [6, 6.07) is 15.5. The number of benzene rings is 2. The van der Waals surface area contributed by atoms with Gasteiger partial charge in [-0.25, -0.2) is 0 Å². The van der Waals surface area contributed by atoms with Crippen molar-refractivity contribution in [3.05, 3.63) is 70.2 Å². The number of carbonyl (C=O) groups excluding carboxylic acids is 2. The molecule has 5 heteroatoms. The van der Waals surface area contributed by atoms with Crippen LogP contribution in [0.4, 0.5) is 0 Å². The van der Waals surface area contributed by atoms with E-state index in [1.807, 2.05) is 42.5 Å². The van der Waals surface area contributed by atoms with Gasteiger partial charge in [-0.05, 0) is 42.5 Å². The number of aryl methyl sites for hydroxylation is 1. The first-order valence-corrected chi connectivity index (χ1v) is 10.6. The van der Waals surface area contributed by atoms with E-state index in [1.165, 1.54) is 5.56 Å². The number of hydrogen-bond acceptors (Lipinski definition) is 3. The third kappa shape index (κ3) is 5.68. The molecule has 1 heterocycles. The number of rotatable bonds is 8. The predicted molar refractivity (Wildman–Crippen MR) is 116 cm³/mol. The number of ketones is 1. The summed E-state index contributed by atoms with van der Waals surface area (Å²) < 4.78 is 5.54. The van der Waals surface area contributed by atoms with E-state index in [2.05, 4.69) is 18.3 Å². The summed E-state index contributed by atoms with van der Waals surface area (Å²) in [6.07, 6.45) is 3.00. The molecule has 0 unspecified atom stereocenters. The molecule has 1 aliphatic heterocycles. The molecule has 154 valence electrons. The Morgan fingerprint density at radius 2 is 1.79 bits per heavy atom. The Hall–Kier alpha value is -2.17. The van der Waals surface area contributed by atoms with Crippen LogP contribution in [0.1, 0.15) is 54.1 Å². The van der Waals surface area contributed by atoms with Crippen molar-refractivity contribution in [1.29, 1.82) is 0 Å². The summed E-state index contributed by atoms with van der Waals surface area (Å²) in [6.45, 7) is 3.92. The number of hydrogen-bond donors (Lipinski definition) is 1. The summed E-state index contributed by atoms with van der Waals surface area (Å²) in [4.78, 5) is 24.8. The molecule has 0 saturated carbocycles. The fourth-order valence-electron chi connectivity index (χ4n) is 3.80. The van der Waals surface area contributed by atoms with Gasteiger partial charge in [-0.15, -0.1) is 0 Å². The smallest absolute Gasteiger partial charge is 0.220 e. The van der Waals surface area contributed by atoms with Crippen molar-refractivity contribution in [2.75, 3.05) is 19.8 Å². The molecule has 1 amide bonds. The molecule has 1 aliphatic rings. The Morgan fingerprint density at radius 3 is 2.45 bits per heavy atom. The summed E-state index contributed by atoms with van der Waals surface area (Å²) in [7, 11) is 0. The molecular formula is C24H28ClNO3. The lowest BCUT2D eigenvalue weighted by atomic mass is 9.74. The average molecular weight is 414 g/mol. The Morgan fingerprint density at radius 1 is 1.07 bits per heavy atom. The lowest BCUT2D eigenvalue weighted by Gasteiger charge is -2.38. The minimum atomic E-state index is -0.182. The Bertz CT molecular complexity index is 841. The summed E-state index contributed by atoms with van der Waals surface area (Å²) >= 11 is 6.19. The molecule has 0 radical (unpaired) electrons. The molecule has 0 bridgehead atoms. The van der Waals surface area contributed by atoms with Crippen LogP contribution in [-0.4, -0.2) is 31.4 Å². The van der Waals surface area contributed by atoms with E-state index in [0.717, 1.165) is 24.8 Å². The lowest BCUT2D eigenvalue weighted by Crippen LogP contribution is -2.44. The average Bonchev–Trinajstić information content (AvgIpc) is 2.76. The first-order valence-electron chi connectivity index (χ1n) is 10.2. The van der Waals surface area contributed by atoms with Crippen LogP contribution in [0.15, 0.2) is 48.5 Å². The van der Waals surface area contributed by atoms with Crippen LogP contribution in [0.25, 0.3) is 0 Å². The van der Waals surface area contributed by atoms with Gasteiger partial charge in [0.15, 0.2) is 5.78 Å². The van der Waals surface area contributed by atoms with Gasteiger partial charge in [0, 0.05) is 48.6 Å². The number of amides is 1. The molecular weight excluding hydrogens is 386 g/mol. The van der Waals surface area contributed by atoms with E-state index >= 15 is 0 Å². The first kappa shape index (κ1) is 21.5. The van der Waals surface area contributed by atoms with E-state index in [9.17, 15) is 9.59 Å². The van der Waals surface area contributed by atoms with Gasteiger partial charge in [0.05, 0.1) is 0 Å². The van der Waals surface area contributed by atoms with Crippen LogP contribution in [0.2, 0.25) is 5.02 Å². The van der Waals surface area contributed by atoms with Crippen molar-refractivity contribution in [3.8, 4) is 0 Å². The van der Waals surface area contributed by atoms with Crippen LogP contribution in [-0.2, 0) is 21.4 Å². The van der Waals surface area contributed by atoms with Crippen LogP contribution in [0.5, 0.6) is 0 Å². The van der Waals surface area contributed by atoms with Gasteiger partial charge >= 0.3 is 0 Å². The van der Waals surface area contributed by atoms with E-state index in [-0.39, 0.29) is 29.9 Å². The van der Waals surface area contributed by atoms with Crippen molar-refractivity contribution < 1.29 is 14.3 Å². The third-order valence-corrected chi connectivity index (χ3v) is 6.01. The fraction of sp³-hybridized carbons (Fsp3) is 0.417. The fourth-order valence-corrected chi connectivity index (χ4v) is 3.99. The minimum Gasteiger partial charge on any atom is -0.381 e. The van der Waals surface area contributed by atoms with Crippen molar-refractivity contribution in [2.45, 2.75) is 44.4 Å². The zero-order valence-electron chi connectivity index (χ0n) is 16.9. The first-order chi connectivity index (χ1) is 14.0. The van der Waals surface area contributed by atoms with Crippen molar-refractivity contribution in [3.63, 3.8) is 0 Å². The standard InChI is InChI=1S/C24H28ClNO3/c1-2-18-6-8-19(9-7-18)22(27)10-11-23(28)26-17-24(12-14-29-15-13-24)20-4-3-5-21(25)16-20/h3-9,16H,2,10-15,17H2,1H3,(H,26,28). The third-order valence-electron chi connectivity index (χ3n) is 5.77. The molecule has 0 spiro atoms. The van der Waals surface area contributed by atoms with Crippen molar-refractivity contribution >= 4 is 23.3 Å². The highest BCUT2D eigenvalue weighted by molar-refractivity contribution is 6.30. The molecule has 1 fully saturated rings. The van der Waals surface area contributed by atoms with Gasteiger partial charge in [0.1, 0.15) is 0 Å². The van der Waals surface area contributed by atoms with Gasteiger partial charge in [0.25, 0.3) is 0 Å².